The molecule has 0 saturated carbocycles. The topological polar surface area (TPSA) is 61.6 Å². The van der Waals surface area contributed by atoms with E-state index in [9.17, 15) is 0 Å². The minimum Gasteiger partial charge on any atom is -0.357 e. The Hall–Kier alpha value is -2.46. The molecule has 1 fully saturated rings. The van der Waals surface area contributed by atoms with E-state index in [-0.39, 0.29) is 24.0 Å². The average Bonchev–Trinajstić information content (AvgIpc) is 3.33. The van der Waals surface area contributed by atoms with Gasteiger partial charge in [0.25, 0.3) is 0 Å². The van der Waals surface area contributed by atoms with Crippen molar-refractivity contribution >= 4 is 29.9 Å². The molecule has 0 radical (unpaired) electrons. The molecule has 7 nitrogen and oxygen atoms in total. The Morgan fingerprint density at radius 1 is 1.00 bits per heavy atom. The fourth-order valence-corrected chi connectivity index (χ4v) is 3.64. The highest BCUT2D eigenvalue weighted by Crippen LogP contribution is 2.11. The van der Waals surface area contributed by atoms with E-state index in [0.29, 0.717) is 6.54 Å². The maximum atomic E-state index is 4.89. The lowest BCUT2D eigenvalue weighted by Gasteiger charge is -2.36. The van der Waals surface area contributed by atoms with Crippen LogP contribution in [0.25, 0.3) is 5.82 Å². The number of aliphatic imine (C=N–C) groups is 1. The zero-order valence-corrected chi connectivity index (χ0v) is 20.2. The molecule has 2 aromatic heterocycles. The van der Waals surface area contributed by atoms with E-state index in [1.165, 1.54) is 5.56 Å². The maximum Gasteiger partial charge on any atom is 0.194 e. The molecule has 3 aromatic rings. The molecule has 164 valence electrons. The van der Waals surface area contributed by atoms with Gasteiger partial charge in [-0.15, -0.1) is 24.0 Å². The van der Waals surface area contributed by atoms with Crippen LogP contribution in [-0.2, 0) is 13.1 Å². The van der Waals surface area contributed by atoms with Crippen LogP contribution in [-0.4, -0.2) is 63.2 Å². The lowest BCUT2D eigenvalue weighted by atomic mass is 10.2. The van der Waals surface area contributed by atoms with Gasteiger partial charge >= 0.3 is 0 Å². The SMILES string of the molecule is CCNC(=NCc1ccnc(-n2cccn2)c1)N1CCN(Cc2ccccc2)CC1.I. The first-order valence-electron chi connectivity index (χ1n) is 10.6. The molecule has 1 saturated heterocycles. The predicted molar refractivity (Wildman–Crippen MR) is 135 cm³/mol. The summed E-state index contributed by atoms with van der Waals surface area (Å²) in [5, 5.41) is 7.71. The fraction of sp³-hybridized carbons (Fsp3) is 0.348. The largest absolute Gasteiger partial charge is 0.357 e. The first kappa shape index (κ1) is 23.2. The summed E-state index contributed by atoms with van der Waals surface area (Å²) in [5.74, 6) is 1.79. The highest BCUT2D eigenvalue weighted by Gasteiger charge is 2.19. The van der Waals surface area contributed by atoms with Gasteiger partial charge in [0, 0.05) is 57.9 Å². The lowest BCUT2D eigenvalue weighted by Crippen LogP contribution is -2.52. The number of piperazine rings is 1. The molecule has 1 aromatic carbocycles. The Morgan fingerprint density at radius 2 is 1.81 bits per heavy atom. The number of hydrogen-bond acceptors (Lipinski definition) is 4. The van der Waals surface area contributed by atoms with Gasteiger partial charge < -0.3 is 10.2 Å². The van der Waals surface area contributed by atoms with Crippen LogP contribution in [0.3, 0.4) is 0 Å². The minimum atomic E-state index is 0. The minimum absolute atomic E-state index is 0. The normalized spacial score (nSPS) is 14.9. The number of pyridine rings is 1. The molecule has 1 aliphatic rings. The van der Waals surface area contributed by atoms with Crippen LogP contribution >= 0.6 is 24.0 Å². The second-order valence-electron chi connectivity index (χ2n) is 7.39. The monoisotopic (exact) mass is 531 g/mol. The van der Waals surface area contributed by atoms with E-state index in [1.54, 1.807) is 10.9 Å². The van der Waals surface area contributed by atoms with Gasteiger partial charge in [-0.1, -0.05) is 30.3 Å². The van der Waals surface area contributed by atoms with Gasteiger partial charge in [-0.05, 0) is 36.2 Å². The van der Waals surface area contributed by atoms with Crippen LogP contribution in [0.15, 0.2) is 72.1 Å². The third kappa shape index (κ3) is 6.51. The highest BCUT2D eigenvalue weighted by molar-refractivity contribution is 14.0. The summed E-state index contributed by atoms with van der Waals surface area (Å²) in [6.07, 6.45) is 5.47. The number of benzene rings is 1. The number of nitrogens with one attached hydrogen (secondary N) is 1. The summed E-state index contributed by atoms with van der Waals surface area (Å²) in [4.78, 5) is 14.2. The van der Waals surface area contributed by atoms with Crippen LogP contribution in [0.1, 0.15) is 18.1 Å². The molecule has 31 heavy (non-hydrogen) atoms. The Bertz CT molecular complexity index is 936. The van der Waals surface area contributed by atoms with Crippen LogP contribution in [0, 0.1) is 0 Å². The van der Waals surface area contributed by atoms with E-state index >= 15 is 0 Å². The zero-order valence-electron chi connectivity index (χ0n) is 17.9. The van der Waals surface area contributed by atoms with Crippen LogP contribution in [0.4, 0.5) is 0 Å². The van der Waals surface area contributed by atoms with Gasteiger partial charge in [0.2, 0.25) is 0 Å². The highest BCUT2D eigenvalue weighted by atomic mass is 127. The van der Waals surface area contributed by atoms with Crippen molar-refractivity contribution in [1.82, 2.24) is 29.9 Å². The number of nitrogens with zero attached hydrogens (tertiary/aromatic N) is 6. The van der Waals surface area contributed by atoms with Crippen molar-refractivity contribution in [3.05, 3.63) is 78.2 Å². The summed E-state index contributed by atoms with van der Waals surface area (Å²) in [6.45, 7) is 8.64. The van der Waals surface area contributed by atoms with Crippen molar-refractivity contribution in [2.75, 3.05) is 32.7 Å². The first-order chi connectivity index (χ1) is 14.8. The summed E-state index contributed by atoms with van der Waals surface area (Å²) in [7, 11) is 0. The molecule has 3 heterocycles. The van der Waals surface area contributed by atoms with Crippen LogP contribution in [0.5, 0.6) is 0 Å². The predicted octanol–water partition coefficient (Wildman–Crippen LogP) is 3.17. The maximum absolute atomic E-state index is 4.89. The van der Waals surface area contributed by atoms with E-state index in [0.717, 1.165) is 56.6 Å². The van der Waals surface area contributed by atoms with Crippen molar-refractivity contribution in [3.63, 3.8) is 0 Å². The molecule has 0 unspecified atom stereocenters. The summed E-state index contributed by atoms with van der Waals surface area (Å²) in [5.41, 5.74) is 2.49. The molecular formula is C23H30IN7. The number of hydrogen-bond donors (Lipinski definition) is 1. The van der Waals surface area contributed by atoms with E-state index < -0.39 is 0 Å². The average molecular weight is 531 g/mol. The number of aromatic nitrogens is 3. The summed E-state index contributed by atoms with van der Waals surface area (Å²) >= 11 is 0. The Morgan fingerprint density at radius 3 is 2.52 bits per heavy atom. The van der Waals surface area contributed by atoms with Crippen molar-refractivity contribution in [1.29, 1.82) is 0 Å². The van der Waals surface area contributed by atoms with E-state index in [1.807, 2.05) is 30.6 Å². The molecule has 0 aliphatic carbocycles. The third-order valence-corrected chi connectivity index (χ3v) is 5.22. The molecule has 8 heteroatoms. The summed E-state index contributed by atoms with van der Waals surface area (Å²) in [6, 6.07) is 16.6. The molecule has 1 aliphatic heterocycles. The van der Waals surface area contributed by atoms with Gasteiger partial charge in [0.15, 0.2) is 11.8 Å². The van der Waals surface area contributed by atoms with Gasteiger partial charge in [-0.2, -0.15) is 5.10 Å². The molecule has 0 atom stereocenters. The second-order valence-corrected chi connectivity index (χ2v) is 7.39. The molecule has 1 N–H and O–H groups in total. The van der Waals surface area contributed by atoms with Crippen molar-refractivity contribution in [3.8, 4) is 5.82 Å². The van der Waals surface area contributed by atoms with Gasteiger partial charge in [-0.3, -0.25) is 4.90 Å². The van der Waals surface area contributed by atoms with Gasteiger partial charge in [-0.25, -0.2) is 14.7 Å². The standard InChI is InChI=1S/C23H29N7.HI/c1-2-24-23(26-18-21-9-11-25-22(17-21)30-12-6-10-27-30)29-15-13-28(14-16-29)19-20-7-4-3-5-8-20;/h3-12,17H,2,13-16,18-19H2,1H3,(H,24,26);1H. The van der Waals surface area contributed by atoms with Gasteiger partial charge in [0.05, 0.1) is 6.54 Å². The van der Waals surface area contributed by atoms with E-state index in [2.05, 4.69) is 62.5 Å². The van der Waals surface area contributed by atoms with Crippen LogP contribution in [0.2, 0.25) is 0 Å². The third-order valence-electron chi connectivity index (χ3n) is 5.22. The van der Waals surface area contributed by atoms with Crippen molar-refractivity contribution in [2.45, 2.75) is 20.0 Å². The quantitative estimate of drug-likeness (QED) is 0.301. The lowest BCUT2D eigenvalue weighted by molar-refractivity contribution is 0.172. The Balaban J connectivity index is 0.00000272. The number of rotatable bonds is 6. The molecular weight excluding hydrogens is 501 g/mol. The van der Waals surface area contributed by atoms with Crippen LogP contribution < -0.4 is 5.32 Å². The number of guanidine groups is 1. The molecule has 0 spiro atoms. The molecule has 0 amide bonds. The summed E-state index contributed by atoms with van der Waals surface area (Å²) < 4.78 is 1.77. The number of halogens is 1. The second kappa shape index (κ2) is 11.8. The van der Waals surface area contributed by atoms with E-state index in [4.69, 9.17) is 4.99 Å². The van der Waals surface area contributed by atoms with Gasteiger partial charge in [0.1, 0.15) is 0 Å². The zero-order chi connectivity index (χ0) is 20.6. The van der Waals surface area contributed by atoms with Crippen molar-refractivity contribution < 1.29 is 0 Å². The van der Waals surface area contributed by atoms with Crippen molar-refractivity contribution in [2.24, 2.45) is 4.99 Å². The fourth-order valence-electron chi connectivity index (χ4n) is 3.64. The molecule has 4 rings (SSSR count). The Kier molecular flexibility index (Phi) is 8.84. The Labute approximate surface area is 201 Å². The smallest absolute Gasteiger partial charge is 0.194 e. The molecule has 0 bridgehead atoms. The first-order valence-corrected chi connectivity index (χ1v) is 10.6.